The van der Waals surface area contributed by atoms with Crippen LogP contribution in [0.5, 0.6) is 0 Å². The van der Waals surface area contributed by atoms with Crippen molar-refractivity contribution in [1.29, 1.82) is 0 Å². The second-order valence-corrected chi connectivity index (χ2v) is 6.64. The molecule has 1 fully saturated rings. The Morgan fingerprint density at radius 2 is 1.83 bits per heavy atom. The quantitative estimate of drug-likeness (QED) is 0.609. The molecule has 1 saturated heterocycles. The molecule has 1 aromatic carbocycles. The predicted octanol–water partition coefficient (Wildman–Crippen LogP) is 1.37. The molecule has 0 aromatic heterocycles. The van der Waals surface area contributed by atoms with Gasteiger partial charge in [0.15, 0.2) is 5.96 Å². The van der Waals surface area contributed by atoms with Gasteiger partial charge in [0.2, 0.25) is 0 Å². The zero-order chi connectivity index (χ0) is 17.4. The van der Waals surface area contributed by atoms with Crippen LogP contribution in [-0.4, -0.2) is 69.1 Å². The lowest BCUT2D eigenvalue weighted by molar-refractivity contribution is 0.139. The highest BCUT2D eigenvalue weighted by atomic mass is 19.1. The zero-order valence-electron chi connectivity index (χ0n) is 15.1. The molecule has 1 unspecified atom stereocenters. The second kappa shape index (κ2) is 9.59. The smallest absolute Gasteiger partial charge is 0.191 e. The summed E-state index contributed by atoms with van der Waals surface area (Å²) >= 11 is 0. The highest BCUT2D eigenvalue weighted by molar-refractivity contribution is 5.79. The fourth-order valence-corrected chi connectivity index (χ4v) is 2.82. The molecule has 0 radical (unpaired) electrons. The van der Waals surface area contributed by atoms with Crippen molar-refractivity contribution in [1.82, 2.24) is 20.4 Å². The van der Waals surface area contributed by atoms with Crippen molar-refractivity contribution in [3.63, 3.8) is 0 Å². The van der Waals surface area contributed by atoms with Crippen LogP contribution in [0.25, 0.3) is 0 Å². The summed E-state index contributed by atoms with van der Waals surface area (Å²) < 4.78 is 12.9. The van der Waals surface area contributed by atoms with E-state index in [2.05, 4.69) is 39.4 Å². The number of benzene rings is 1. The van der Waals surface area contributed by atoms with Crippen LogP contribution in [0.2, 0.25) is 0 Å². The highest BCUT2D eigenvalue weighted by Gasteiger charge is 2.16. The minimum absolute atomic E-state index is 0.209. The van der Waals surface area contributed by atoms with Gasteiger partial charge in [0.25, 0.3) is 0 Å². The average Bonchev–Trinajstić information content (AvgIpc) is 2.58. The standard InChI is InChI=1S/C18H30FN5/c1-15(14-24-10-8-23(3)9-11-24)12-21-18(20-2)22-13-16-4-6-17(19)7-5-16/h4-7,15H,8-14H2,1-3H3,(H2,20,21,22). The largest absolute Gasteiger partial charge is 0.356 e. The summed E-state index contributed by atoms with van der Waals surface area (Å²) in [5, 5.41) is 6.64. The molecule has 1 aliphatic rings. The van der Waals surface area contributed by atoms with E-state index in [0.717, 1.165) is 50.8 Å². The molecule has 0 amide bonds. The van der Waals surface area contributed by atoms with Crippen LogP contribution in [0.1, 0.15) is 12.5 Å². The van der Waals surface area contributed by atoms with E-state index in [4.69, 9.17) is 0 Å². The van der Waals surface area contributed by atoms with Crippen molar-refractivity contribution in [3.8, 4) is 0 Å². The van der Waals surface area contributed by atoms with Crippen LogP contribution >= 0.6 is 0 Å². The van der Waals surface area contributed by atoms with Gasteiger partial charge in [-0.05, 0) is 30.7 Å². The molecule has 1 aliphatic heterocycles. The van der Waals surface area contributed by atoms with Crippen molar-refractivity contribution in [2.45, 2.75) is 13.5 Å². The number of guanidine groups is 1. The van der Waals surface area contributed by atoms with E-state index in [1.807, 2.05) is 0 Å². The van der Waals surface area contributed by atoms with Gasteiger partial charge < -0.3 is 20.4 Å². The maximum Gasteiger partial charge on any atom is 0.191 e. The third kappa shape index (κ3) is 6.45. The summed E-state index contributed by atoms with van der Waals surface area (Å²) in [5.41, 5.74) is 1.03. The maximum absolute atomic E-state index is 12.9. The molecular formula is C18H30FN5. The summed E-state index contributed by atoms with van der Waals surface area (Å²) in [5.74, 6) is 1.13. The molecule has 0 bridgehead atoms. The molecule has 2 N–H and O–H groups in total. The second-order valence-electron chi connectivity index (χ2n) is 6.64. The molecule has 0 aliphatic carbocycles. The summed E-state index contributed by atoms with van der Waals surface area (Å²) in [7, 11) is 3.95. The Labute approximate surface area is 144 Å². The zero-order valence-corrected chi connectivity index (χ0v) is 15.1. The van der Waals surface area contributed by atoms with Crippen molar-refractivity contribution in [2.75, 3.05) is 53.4 Å². The first-order valence-corrected chi connectivity index (χ1v) is 8.66. The van der Waals surface area contributed by atoms with Crippen molar-refractivity contribution >= 4 is 5.96 Å². The molecule has 1 aromatic rings. The fourth-order valence-electron chi connectivity index (χ4n) is 2.82. The van der Waals surface area contributed by atoms with E-state index >= 15 is 0 Å². The minimum atomic E-state index is -0.209. The van der Waals surface area contributed by atoms with E-state index in [1.54, 1.807) is 19.2 Å². The lowest BCUT2D eigenvalue weighted by atomic mass is 10.1. The summed E-state index contributed by atoms with van der Waals surface area (Å²) in [6.45, 7) is 9.50. The van der Waals surface area contributed by atoms with Crippen LogP contribution in [-0.2, 0) is 6.54 Å². The molecule has 5 nitrogen and oxygen atoms in total. The Hall–Kier alpha value is -1.66. The first kappa shape index (κ1) is 18.7. The third-order valence-electron chi connectivity index (χ3n) is 4.38. The molecule has 2 rings (SSSR count). The van der Waals surface area contributed by atoms with Crippen LogP contribution in [0.4, 0.5) is 4.39 Å². The molecular weight excluding hydrogens is 305 g/mol. The van der Waals surface area contributed by atoms with Crippen LogP contribution < -0.4 is 10.6 Å². The van der Waals surface area contributed by atoms with Crippen LogP contribution in [0, 0.1) is 11.7 Å². The van der Waals surface area contributed by atoms with Crippen molar-refractivity contribution in [2.24, 2.45) is 10.9 Å². The Bertz CT molecular complexity index is 509. The van der Waals surface area contributed by atoms with E-state index in [0.29, 0.717) is 12.5 Å². The van der Waals surface area contributed by atoms with E-state index in [-0.39, 0.29) is 5.82 Å². The van der Waals surface area contributed by atoms with Crippen molar-refractivity contribution in [3.05, 3.63) is 35.6 Å². The average molecular weight is 335 g/mol. The normalized spacial score (nSPS) is 18.4. The predicted molar refractivity (Wildman–Crippen MR) is 97.7 cm³/mol. The summed E-state index contributed by atoms with van der Waals surface area (Å²) in [6.07, 6.45) is 0. The van der Waals surface area contributed by atoms with Gasteiger partial charge in [0.1, 0.15) is 5.82 Å². The number of piperazine rings is 1. The Morgan fingerprint density at radius 1 is 1.17 bits per heavy atom. The van der Waals surface area contributed by atoms with Gasteiger partial charge in [-0.1, -0.05) is 19.1 Å². The molecule has 1 atom stereocenters. The van der Waals surface area contributed by atoms with Gasteiger partial charge in [-0.25, -0.2) is 4.39 Å². The van der Waals surface area contributed by atoms with Crippen LogP contribution in [0.15, 0.2) is 29.3 Å². The Balaban J connectivity index is 1.67. The van der Waals surface area contributed by atoms with E-state index in [9.17, 15) is 4.39 Å². The van der Waals surface area contributed by atoms with Gasteiger partial charge >= 0.3 is 0 Å². The van der Waals surface area contributed by atoms with Gasteiger partial charge in [0.05, 0.1) is 0 Å². The first-order valence-electron chi connectivity index (χ1n) is 8.66. The van der Waals surface area contributed by atoms with Crippen LogP contribution in [0.3, 0.4) is 0 Å². The maximum atomic E-state index is 12.9. The first-order chi connectivity index (χ1) is 11.6. The number of likely N-dealkylation sites (N-methyl/N-ethyl adjacent to an activating group) is 1. The summed E-state index contributed by atoms with van der Waals surface area (Å²) in [4.78, 5) is 9.15. The Kier molecular flexibility index (Phi) is 7.46. The van der Waals surface area contributed by atoms with Gasteiger partial charge in [-0.3, -0.25) is 4.99 Å². The molecule has 24 heavy (non-hydrogen) atoms. The Morgan fingerprint density at radius 3 is 2.46 bits per heavy atom. The molecule has 134 valence electrons. The fraction of sp³-hybridized carbons (Fsp3) is 0.611. The minimum Gasteiger partial charge on any atom is -0.356 e. The SMILES string of the molecule is CN=C(NCc1ccc(F)cc1)NCC(C)CN1CCN(C)CC1. The third-order valence-corrected chi connectivity index (χ3v) is 4.38. The number of nitrogens with zero attached hydrogens (tertiary/aromatic N) is 3. The number of hydrogen-bond acceptors (Lipinski definition) is 3. The topological polar surface area (TPSA) is 42.9 Å². The number of halogens is 1. The van der Waals surface area contributed by atoms with E-state index < -0.39 is 0 Å². The molecule has 0 spiro atoms. The van der Waals surface area contributed by atoms with Crippen molar-refractivity contribution < 1.29 is 4.39 Å². The molecule has 1 heterocycles. The number of aliphatic imine (C=N–C) groups is 1. The highest BCUT2D eigenvalue weighted by Crippen LogP contribution is 2.04. The van der Waals surface area contributed by atoms with Gasteiger partial charge in [-0.2, -0.15) is 0 Å². The molecule has 6 heteroatoms. The van der Waals surface area contributed by atoms with Gasteiger partial charge in [0, 0.05) is 52.9 Å². The van der Waals surface area contributed by atoms with E-state index in [1.165, 1.54) is 12.1 Å². The molecule has 0 saturated carbocycles. The number of rotatable bonds is 6. The monoisotopic (exact) mass is 335 g/mol. The number of nitrogens with one attached hydrogen (secondary N) is 2. The lowest BCUT2D eigenvalue weighted by Gasteiger charge is -2.34. The lowest BCUT2D eigenvalue weighted by Crippen LogP contribution is -2.47. The summed E-state index contributed by atoms with van der Waals surface area (Å²) in [6, 6.07) is 6.52. The number of hydrogen-bond donors (Lipinski definition) is 2. The van der Waals surface area contributed by atoms with Gasteiger partial charge in [-0.15, -0.1) is 0 Å².